The number of hydrogen-bond donors (Lipinski definition) is 1. The number of allylic oxidation sites excluding steroid dienone is 1. The van der Waals surface area contributed by atoms with Crippen molar-refractivity contribution in [3.8, 4) is 0 Å². The van der Waals surface area contributed by atoms with Gasteiger partial charge in [-0.05, 0) is 81.6 Å². The van der Waals surface area contributed by atoms with Crippen LogP contribution in [-0.4, -0.2) is 48.5 Å². The van der Waals surface area contributed by atoms with Crippen LogP contribution in [0.4, 0.5) is 0 Å². The van der Waals surface area contributed by atoms with E-state index in [2.05, 4.69) is 11.9 Å². The van der Waals surface area contributed by atoms with E-state index < -0.39 is 0 Å². The maximum Gasteiger partial charge on any atom is 0.257 e. The second-order valence-electron chi connectivity index (χ2n) is 9.76. The summed E-state index contributed by atoms with van der Waals surface area (Å²) >= 11 is 5.54. The minimum absolute atomic E-state index is 0.177. The van der Waals surface area contributed by atoms with Crippen molar-refractivity contribution >= 4 is 29.0 Å². The zero-order valence-electron chi connectivity index (χ0n) is 22.5. The summed E-state index contributed by atoms with van der Waals surface area (Å²) in [5.41, 5.74) is 7.46. The second-order valence-corrected chi connectivity index (χ2v) is 10.2. The Balaban J connectivity index is 0.000000259. The summed E-state index contributed by atoms with van der Waals surface area (Å²) in [4.78, 5) is 30.5. The van der Waals surface area contributed by atoms with Gasteiger partial charge < -0.3 is 10.6 Å². The first-order chi connectivity index (χ1) is 17.8. The number of carbonyl (C=O) groups is 2. The molecule has 4 rings (SSSR count). The monoisotopic (exact) mass is 523 g/mol. The number of nitrogens with zero attached hydrogens (tertiary/aromatic N) is 2. The van der Waals surface area contributed by atoms with E-state index in [1.807, 2.05) is 60.7 Å². The van der Waals surface area contributed by atoms with Gasteiger partial charge in [-0.15, -0.1) is 0 Å². The predicted octanol–water partition coefficient (Wildman–Crippen LogP) is 6.50. The summed E-state index contributed by atoms with van der Waals surface area (Å²) in [7, 11) is 1.67. The van der Waals surface area contributed by atoms with E-state index in [1.165, 1.54) is 32.6 Å². The topological polar surface area (TPSA) is 75.8 Å². The highest BCUT2D eigenvalue weighted by Crippen LogP contribution is 2.21. The van der Waals surface area contributed by atoms with Gasteiger partial charge in [0, 0.05) is 31.2 Å². The van der Waals surface area contributed by atoms with Crippen LogP contribution in [0.15, 0.2) is 77.3 Å². The number of ketones is 1. The molecule has 2 aromatic carbocycles. The quantitative estimate of drug-likeness (QED) is 0.215. The van der Waals surface area contributed by atoms with Crippen LogP contribution in [0.1, 0.15) is 64.4 Å². The fourth-order valence-electron chi connectivity index (χ4n) is 4.30. The summed E-state index contributed by atoms with van der Waals surface area (Å²) in [5, 5.41) is 0.794. The molecule has 0 spiro atoms. The lowest BCUT2D eigenvalue weighted by Crippen LogP contribution is -2.38. The number of rotatable bonds is 4. The molecule has 0 atom stereocenters. The largest absolute Gasteiger partial charge is 0.339 e. The Hall–Kier alpha value is -2.76. The van der Waals surface area contributed by atoms with Gasteiger partial charge in [-0.2, -0.15) is 0 Å². The highest BCUT2D eigenvalue weighted by atomic mass is 35.5. The lowest BCUT2D eigenvalue weighted by molar-refractivity contribution is -0.130. The van der Waals surface area contributed by atoms with Crippen molar-refractivity contribution in [2.75, 3.05) is 20.1 Å². The maximum atomic E-state index is 12.6. The Kier molecular flexibility index (Phi) is 13.9. The average Bonchev–Trinajstić information content (AvgIpc) is 2.92. The van der Waals surface area contributed by atoms with Crippen LogP contribution in [-0.2, 0) is 9.59 Å². The van der Waals surface area contributed by atoms with Crippen molar-refractivity contribution in [1.29, 1.82) is 0 Å². The number of likely N-dealkylation sites (tertiary alicyclic amines) is 1. The number of piperidine rings is 1. The zero-order chi connectivity index (χ0) is 27.0. The van der Waals surface area contributed by atoms with Crippen LogP contribution in [0.2, 0.25) is 5.02 Å². The molecular formula is C31H42ClN3O2. The van der Waals surface area contributed by atoms with E-state index in [4.69, 9.17) is 17.3 Å². The lowest BCUT2D eigenvalue weighted by atomic mass is 9.88. The predicted molar refractivity (Wildman–Crippen MR) is 155 cm³/mol. The number of carbonyl (C=O) groups excluding carboxylic acids is 2. The highest BCUT2D eigenvalue weighted by molar-refractivity contribution is 6.30. The van der Waals surface area contributed by atoms with Gasteiger partial charge in [0.25, 0.3) is 5.91 Å². The molecule has 0 radical (unpaired) electrons. The van der Waals surface area contributed by atoms with Crippen molar-refractivity contribution in [2.45, 2.75) is 64.8 Å². The first-order valence-electron chi connectivity index (χ1n) is 13.3. The molecular weight excluding hydrogens is 482 g/mol. The van der Waals surface area contributed by atoms with E-state index >= 15 is 0 Å². The minimum Gasteiger partial charge on any atom is -0.339 e. The minimum atomic E-state index is -0.215. The van der Waals surface area contributed by atoms with Crippen LogP contribution >= 0.6 is 11.6 Å². The van der Waals surface area contributed by atoms with Crippen molar-refractivity contribution in [3.63, 3.8) is 0 Å². The van der Waals surface area contributed by atoms with Crippen LogP contribution < -0.4 is 5.73 Å². The van der Waals surface area contributed by atoms with Crippen molar-refractivity contribution in [2.24, 2.45) is 16.6 Å². The number of Topliss-reactive ketones (excluding diaryl/α,β-unsaturated/α-hetero) is 1. The SMILES string of the molecule is CC1CCC(N)CC1.CN=C(/C=C(\C(C)=O)C(=O)N1CCCCC1)c1ccccc1.Clc1ccccc1. The Morgan fingerprint density at radius 3 is 1.89 bits per heavy atom. The molecule has 0 unspecified atom stereocenters. The average molecular weight is 524 g/mol. The number of halogens is 1. The molecule has 1 saturated carbocycles. The fourth-order valence-corrected chi connectivity index (χ4v) is 4.45. The standard InChI is InChI=1S/C18H22N2O2.C7H15N.C6H5Cl/c1-14(21)16(18(22)20-11-7-4-8-12-20)13-17(19-2)15-9-5-3-6-10-15;1-6-2-4-7(8)5-3-6;7-6-4-2-1-3-5-6/h3,5-6,9-10,13H,4,7-8,11-12H2,1-2H3;6-7H,2-5,8H2,1H3;1-5H/b16-13+,19-17?;;. The molecule has 1 heterocycles. The molecule has 6 heteroatoms. The molecule has 2 aromatic rings. The first kappa shape index (κ1) is 30.5. The molecule has 2 aliphatic rings. The number of amides is 1. The molecule has 1 saturated heterocycles. The number of nitrogens with two attached hydrogens (primary N) is 1. The summed E-state index contributed by atoms with van der Waals surface area (Å²) in [5.74, 6) is 0.548. The molecule has 5 nitrogen and oxygen atoms in total. The Morgan fingerprint density at radius 2 is 1.46 bits per heavy atom. The third-order valence-corrected chi connectivity index (χ3v) is 6.89. The lowest BCUT2D eigenvalue weighted by Gasteiger charge is -2.27. The molecule has 0 aromatic heterocycles. The summed E-state index contributed by atoms with van der Waals surface area (Å²) in [6, 6.07) is 19.5. The summed E-state index contributed by atoms with van der Waals surface area (Å²) in [6.45, 7) is 5.21. The maximum absolute atomic E-state index is 12.6. The number of hydrogen-bond acceptors (Lipinski definition) is 4. The van der Waals surface area contributed by atoms with Crippen LogP contribution in [0.5, 0.6) is 0 Å². The Labute approximate surface area is 227 Å². The van der Waals surface area contributed by atoms with Crippen molar-refractivity contribution in [3.05, 3.63) is 82.9 Å². The number of benzene rings is 2. The van der Waals surface area contributed by atoms with Gasteiger partial charge in [0.1, 0.15) is 0 Å². The third kappa shape index (κ3) is 11.4. The van der Waals surface area contributed by atoms with Gasteiger partial charge in [-0.1, -0.05) is 67.1 Å². The van der Waals surface area contributed by atoms with Crippen molar-refractivity contribution < 1.29 is 9.59 Å². The van der Waals surface area contributed by atoms with Gasteiger partial charge in [0.2, 0.25) is 0 Å². The van der Waals surface area contributed by atoms with Crippen LogP contribution in [0, 0.1) is 5.92 Å². The van der Waals surface area contributed by atoms with Gasteiger partial charge in [-0.3, -0.25) is 14.6 Å². The number of aliphatic imine (C=N–C) groups is 1. The first-order valence-corrected chi connectivity index (χ1v) is 13.7. The highest BCUT2D eigenvalue weighted by Gasteiger charge is 2.23. The Bertz CT molecular complexity index is 997. The molecule has 37 heavy (non-hydrogen) atoms. The zero-order valence-corrected chi connectivity index (χ0v) is 23.3. The van der Waals surface area contributed by atoms with E-state index in [0.717, 1.165) is 48.9 Å². The molecule has 1 aliphatic carbocycles. The molecule has 1 aliphatic heterocycles. The fraction of sp³-hybridized carbons (Fsp3) is 0.452. The van der Waals surface area contributed by atoms with E-state index in [0.29, 0.717) is 11.8 Å². The van der Waals surface area contributed by atoms with Gasteiger partial charge >= 0.3 is 0 Å². The van der Waals surface area contributed by atoms with E-state index in [-0.39, 0.29) is 17.3 Å². The van der Waals surface area contributed by atoms with Gasteiger partial charge in [0.15, 0.2) is 5.78 Å². The summed E-state index contributed by atoms with van der Waals surface area (Å²) < 4.78 is 0. The second kappa shape index (κ2) is 16.9. The van der Waals surface area contributed by atoms with Crippen LogP contribution in [0.3, 0.4) is 0 Å². The molecule has 2 fully saturated rings. The molecule has 1 amide bonds. The van der Waals surface area contributed by atoms with Crippen LogP contribution in [0.25, 0.3) is 0 Å². The van der Waals surface area contributed by atoms with Crippen molar-refractivity contribution in [1.82, 2.24) is 4.90 Å². The van der Waals surface area contributed by atoms with Gasteiger partial charge in [-0.25, -0.2) is 0 Å². The molecule has 200 valence electrons. The Morgan fingerprint density at radius 1 is 0.919 bits per heavy atom. The molecule has 2 N–H and O–H groups in total. The third-order valence-electron chi connectivity index (χ3n) is 6.64. The summed E-state index contributed by atoms with van der Waals surface area (Å²) in [6.07, 6.45) is 9.97. The normalized spacial score (nSPS) is 20.1. The van der Waals surface area contributed by atoms with E-state index in [1.54, 1.807) is 18.0 Å². The smallest absolute Gasteiger partial charge is 0.257 e. The molecule has 0 bridgehead atoms. The van der Waals surface area contributed by atoms with E-state index in [9.17, 15) is 9.59 Å². The van der Waals surface area contributed by atoms with Gasteiger partial charge in [0.05, 0.1) is 11.3 Å².